The summed E-state index contributed by atoms with van der Waals surface area (Å²) in [5, 5.41) is 0. The molecule has 0 spiro atoms. The van der Waals surface area contributed by atoms with E-state index in [4.69, 9.17) is 17.0 Å². The number of nitrogens with zero attached hydrogens (tertiary/aromatic N) is 1. The molecule has 0 atom stereocenters. The first kappa shape index (κ1) is 12.7. The average molecular weight is 284 g/mol. The molecule has 1 aliphatic carbocycles. The molecule has 1 aromatic heterocycles. The van der Waals surface area contributed by atoms with Gasteiger partial charge in [-0.05, 0) is 37.0 Å². The third-order valence-electron chi connectivity index (χ3n) is 3.31. The molecule has 0 aliphatic heterocycles. The summed E-state index contributed by atoms with van der Waals surface area (Å²) in [6.45, 7) is 1.75. The molecule has 0 bridgehead atoms. The molecule has 0 radical (unpaired) electrons. The summed E-state index contributed by atoms with van der Waals surface area (Å²) in [4.78, 5) is 2.77. The first-order valence-corrected chi connectivity index (χ1v) is 6.71. The number of hydrogen-bond acceptors (Lipinski definition) is 2. The maximum atomic E-state index is 13.6. The van der Waals surface area contributed by atoms with Crippen molar-refractivity contribution in [2.75, 3.05) is 13.2 Å². The Hall–Kier alpha value is -1.27. The molecule has 1 fully saturated rings. The van der Waals surface area contributed by atoms with Crippen molar-refractivity contribution in [2.45, 2.75) is 19.4 Å². The molecule has 1 aliphatic rings. The van der Waals surface area contributed by atoms with Gasteiger partial charge in [0.25, 0.3) is 0 Å². The lowest BCUT2D eigenvalue weighted by Gasteiger charge is -2.06. The Kier molecular flexibility index (Phi) is 3.36. The number of halogens is 2. The van der Waals surface area contributed by atoms with Crippen molar-refractivity contribution in [3.8, 4) is 0 Å². The van der Waals surface area contributed by atoms with Crippen LogP contribution in [0.15, 0.2) is 12.1 Å². The van der Waals surface area contributed by atoms with Gasteiger partial charge in [0, 0.05) is 19.2 Å². The Morgan fingerprint density at radius 1 is 1.37 bits per heavy atom. The smallest absolute Gasteiger partial charge is 0.178 e. The van der Waals surface area contributed by atoms with Crippen molar-refractivity contribution < 1.29 is 13.5 Å². The Morgan fingerprint density at radius 2 is 2.16 bits per heavy atom. The number of aromatic nitrogens is 2. The molecule has 0 saturated heterocycles. The number of nitrogens with one attached hydrogen (secondary N) is 1. The Bertz CT molecular complexity index is 660. The minimum Gasteiger partial charge on any atom is -0.379 e. The van der Waals surface area contributed by atoms with E-state index in [0.717, 1.165) is 12.7 Å². The quantitative estimate of drug-likeness (QED) is 0.673. The number of aromatic amines is 1. The molecule has 102 valence electrons. The second-order valence-corrected chi connectivity index (χ2v) is 5.27. The fraction of sp³-hybridized carbons (Fsp3) is 0.462. The molecule has 3 rings (SSSR count). The van der Waals surface area contributed by atoms with Crippen molar-refractivity contribution in [2.24, 2.45) is 5.92 Å². The van der Waals surface area contributed by atoms with Crippen LogP contribution in [0, 0.1) is 22.3 Å². The van der Waals surface area contributed by atoms with E-state index in [-0.39, 0.29) is 5.52 Å². The van der Waals surface area contributed by atoms with Crippen LogP contribution >= 0.6 is 12.2 Å². The lowest BCUT2D eigenvalue weighted by atomic mass is 10.3. The van der Waals surface area contributed by atoms with Gasteiger partial charge in [-0.2, -0.15) is 0 Å². The molecule has 0 amide bonds. The summed E-state index contributed by atoms with van der Waals surface area (Å²) < 4.78 is 34.4. The number of imidazole rings is 1. The van der Waals surface area contributed by atoms with E-state index in [1.54, 1.807) is 4.57 Å². The standard InChI is InChI=1S/C13H14F2N2OS/c14-9-5-10(15)12-11(6-9)17(13(19)16-12)3-4-18-7-8-1-2-8/h5-6,8H,1-4,7H2,(H,16,19). The normalized spacial score (nSPS) is 15.3. The monoisotopic (exact) mass is 284 g/mol. The highest BCUT2D eigenvalue weighted by Gasteiger charge is 2.21. The molecule has 1 saturated carbocycles. The van der Waals surface area contributed by atoms with E-state index in [1.807, 2.05) is 0 Å². The SMILES string of the molecule is Fc1cc(F)c2[nH]c(=S)n(CCOCC3CC3)c2c1. The molecule has 0 unspecified atom stereocenters. The van der Waals surface area contributed by atoms with Crippen LogP contribution in [0.4, 0.5) is 8.78 Å². The van der Waals surface area contributed by atoms with E-state index < -0.39 is 11.6 Å². The molecule has 3 nitrogen and oxygen atoms in total. The highest BCUT2D eigenvalue weighted by atomic mass is 32.1. The van der Waals surface area contributed by atoms with Gasteiger partial charge in [-0.15, -0.1) is 0 Å². The topological polar surface area (TPSA) is 29.9 Å². The Morgan fingerprint density at radius 3 is 2.89 bits per heavy atom. The summed E-state index contributed by atoms with van der Waals surface area (Å²) >= 11 is 5.13. The Balaban J connectivity index is 1.80. The fourth-order valence-corrected chi connectivity index (χ4v) is 2.38. The molecular formula is C13H14F2N2OS. The Labute approximate surface area is 114 Å². The molecular weight excluding hydrogens is 270 g/mol. The largest absolute Gasteiger partial charge is 0.379 e. The number of benzene rings is 1. The number of H-pyrrole nitrogens is 1. The zero-order valence-corrected chi connectivity index (χ0v) is 11.1. The number of hydrogen-bond donors (Lipinski definition) is 1. The number of fused-ring (bicyclic) bond motifs is 1. The molecule has 1 N–H and O–H groups in total. The van der Waals surface area contributed by atoms with Gasteiger partial charge in [0.1, 0.15) is 11.3 Å². The van der Waals surface area contributed by atoms with Crippen molar-refractivity contribution in [1.29, 1.82) is 0 Å². The number of rotatable bonds is 5. The summed E-state index contributed by atoms with van der Waals surface area (Å²) in [5.74, 6) is -0.531. The average Bonchev–Trinajstić information content (AvgIpc) is 3.11. The first-order chi connectivity index (χ1) is 9.15. The lowest BCUT2D eigenvalue weighted by Crippen LogP contribution is -2.07. The van der Waals surface area contributed by atoms with Crippen molar-refractivity contribution in [1.82, 2.24) is 9.55 Å². The van der Waals surface area contributed by atoms with Gasteiger partial charge in [-0.3, -0.25) is 0 Å². The van der Waals surface area contributed by atoms with Gasteiger partial charge in [-0.25, -0.2) is 8.78 Å². The maximum absolute atomic E-state index is 13.6. The fourth-order valence-electron chi connectivity index (χ4n) is 2.09. The minimum atomic E-state index is -0.626. The molecule has 1 aromatic carbocycles. The molecule has 1 heterocycles. The van der Waals surface area contributed by atoms with Gasteiger partial charge in [-0.1, -0.05) is 0 Å². The van der Waals surface area contributed by atoms with Gasteiger partial charge in [0.2, 0.25) is 0 Å². The van der Waals surface area contributed by atoms with Crippen LogP contribution in [0.5, 0.6) is 0 Å². The van der Waals surface area contributed by atoms with Gasteiger partial charge >= 0.3 is 0 Å². The third-order valence-corrected chi connectivity index (χ3v) is 3.63. The van der Waals surface area contributed by atoms with Gasteiger partial charge in [0.05, 0.1) is 12.1 Å². The predicted molar refractivity (Wildman–Crippen MR) is 70.6 cm³/mol. The van der Waals surface area contributed by atoms with Crippen LogP contribution < -0.4 is 0 Å². The van der Waals surface area contributed by atoms with Gasteiger partial charge in [0.15, 0.2) is 10.6 Å². The predicted octanol–water partition coefficient (Wildman–Crippen LogP) is 3.40. The summed E-state index contributed by atoms with van der Waals surface area (Å²) in [7, 11) is 0. The van der Waals surface area contributed by atoms with E-state index in [9.17, 15) is 8.78 Å². The summed E-state index contributed by atoms with van der Waals surface area (Å²) in [6, 6.07) is 2.13. The van der Waals surface area contributed by atoms with Crippen LogP contribution in [-0.2, 0) is 11.3 Å². The maximum Gasteiger partial charge on any atom is 0.178 e. The van der Waals surface area contributed by atoms with E-state index in [0.29, 0.717) is 29.4 Å². The minimum absolute atomic E-state index is 0.244. The third kappa shape index (κ3) is 2.69. The van der Waals surface area contributed by atoms with E-state index in [1.165, 1.54) is 18.9 Å². The van der Waals surface area contributed by atoms with Crippen molar-refractivity contribution in [3.05, 3.63) is 28.5 Å². The van der Waals surface area contributed by atoms with Crippen LogP contribution in [0.1, 0.15) is 12.8 Å². The zero-order valence-electron chi connectivity index (χ0n) is 10.3. The molecule has 6 heteroatoms. The highest BCUT2D eigenvalue weighted by molar-refractivity contribution is 7.71. The second-order valence-electron chi connectivity index (χ2n) is 4.88. The number of ether oxygens (including phenoxy) is 1. The summed E-state index contributed by atoms with van der Waals surface area (Å²) in [6.07, 6.45) is 2.48. The molecule has 2 aromatic rings. The highest BCUT2D eigenvalue weighted by Crippen LogP contribution is 2.28. The zero-order chi connectivity index (χ0) is 13.4. The van der Waals surface area contributed by atoms with Crippen LogP contribution in [0.2, 0.25) is 0 Å². The van der Waals surface area contributed by atoms with Crippen LogP contribution in [0.3, 0.4) is 0 Å². The van der Waals surface area contributed by atoms with E-state index >= 15 is 0 Å². The van der Waals surface area contributed by atoms with Crippen molar-refractivity contribution >= 4 is 23.3 Å². The van der Waals surface area contributed by atoms with Gasteiger partial charge < -0.3 is 14.3 Å². The van der Waals surface area contributed by atoms with Crippen molar-refractivity contribution in [3.63, 3.8) is 0 Å². The second kappa shape index (κ2) is 5.02. The first-order valence-electron chi connectivity index (χ1n) is 6.30. The lowest BCUT2D eigenvalue weighted by molar-refractivity contribution is 0.117. The van der Waals surface area contributed by atoms with E-state index in [2.05, 4.69) is 4.98 Å². The van der Waals surface area contributed by atoms with Crippen LogP contribution in [-0.4, -0.2) is 22.8 Å². The molecule has 19 heavy (non-hydrogen) atoms. The van der Waals surface area contributed by atoms with Crippen LogP contribution in [0.25, 0.3) is 11.0 Å². The summed E-state index contributed by atoms with van der Waals surface area (Å²) in [5.41, 5.74) is 0.686.